The number of nitrogens with zero attached hydrogens (tertiary/aromatic N) is 3. The third kappa shape index (κ3) is 5.54. The average Bonchev–Trinajstić information content (AvgIpc) is 2.62. The van der Waals surface area contributed by atoms with Crippen LogP contribution in [-0.2, 0) is 9.47 Å². The van der Waals surface area contributed by atoms with Crippen molar-refractivity contribution in [2.75, 3.05) is 71.6 Å². The second kappa shape index (κ2) is 10.4. The van der Waals surface area contributed by atoms with Crippen molar-refractivity contribution >= 4 is 23.2 Å². The standard InChI is InChI=1S/C17H27ClN4O2/c1-19-17(20-7-12-24-14-13-23-2)22-10-8-21(9-11-22)16-6-4-3-5-15(16)18/h3-6H,7-14H2,1-2H3,(H,19,20). The Labute approximate surface area is 149 Å². The van der Waals surface area contributed by atoms with Crippen LogP contribution in [0.3, 0.4) is 0 Å². The van der Waals surface area contributed by atoms with Crippen LogP contribution in [0.4, 0.5) is 5.69 Å². The smallest absolute Gasteiger partial charge is 0.193 e. The molecule has 0 spiro atoms. The highest BCUT2D eigenvalue weighted by Gasteiger charge is 2.20. The van der Waals surface area contributed by atoms with Crippen molar-refractivity contribution in [2.45, 2.75) is 0 Å². The van der Waals surface area contributed by atoms with Gasteiger partial charge in [-0.15, -0.1) is 0 Å². The van der Waals surface area contributed by atoms with Crippen LogP contribution in [0.15, 0.2) is 29.3 Å². The van der Waals surface area contributed by atoms with E-state index in [2.05, 4.69) is 26.2 Å². The zero-order valence-corrected chi connectivity index (χ0v) is 15.3. The van der Waals surface area contributed by atoms with E-state index >= 15 is 0 Å². The molecule has 0 saturated carbocycles. The topological polar surface area (TPSA) is 49.3 Å². The molecular weight excluding hydrogens is 328 g/mol. The normalized spacial score (nSPS) is 15.7. The lowest BCUT2D eigenvalue weighted by molar-refractivity contribution is 0.0731. The van der Waals surface area contributed by atoms with E-state index in [-0.39, 0.29) is 0 Å². The SMILES string of the molecule is CN=C(NCCOCCOC)N1CCN(c2ccccc2Cl)CC1. The fourth-order valence-electron chi connectivity index (χ4n) is 2.68. The summed E-state index contributed by atoms with van der Waals surface area (Å²) in [6.07, 6.45) is 0. The van der Waals surface area contributed by atoms with E-state index in [1.165, 1.54) is 0 Å². The molecule has 1 heterocycles. The molecule has 0 radical (unpaired) electrons. The Hall–Kier alpha value is -1.50. The average molecular weight is 355 g/mol. The number of aliphatic imine (C=N–C) groups is 1. The van der Waals surface area contributed by atoms with E-state index in [9.17, 15) is 0 Å². The third-order valence-electron chi connectivity index (χ3n) is 3.95. The minimum absolute atomic E-state index is 0.618. The number of methoxy groups -OCH3 is 1. The highest BCUT2D eigenvalue weighted by molar-refractivity contribution is 6.33. The van der Waals surface area contributed by atoms with E-state index in [0.29, 0.717) is 19.8 Å². The molecule has 0 atom stereocenters. The first-order chi connectivity index (χ1) is 11.8. The first-order valence-electron chi connectivity index (χ1n) is 8.28. The number of benzene rings is 1. The summed E-state index contributed by atoms with van der Waals surface area (Å²) in [5, 5.41) is 4.15. The number of nitrogens with one attached hydrogen (secondary N) is 1. The Morgan fingerprint density at radius 3 is 2.58 bits per heavy atom. The number of ether oxygens (including phenoxy) is 2. The van der Waals surface area contributed by atoms with E-state index < -0.39 is 0 Å². The molecule has 1 aliphatic rings. The Bertz CT molecular complexity index is 519. The lowest BCUT2D eigenvalue weighted by atomic mass is 10.2. The molecule has 2 rings (SSSR count). The number of guanidine groups is 1. The van der Waals surface area contributed by atoms with Crippen molar-refractivity contribution in [3.8, 4) is 0 Å². The Morgan fingerprint density at radius 2 is 1.92 bits per heavy atom. The van der Waals surface area contributed by atoms with Crippen LogP contribution in [0.1, 0.15) is 0 Å². The maximum atomic E-state index is 6.29. The number of anilines is 1. The fourth-order valence-corrected chi connectivity index (χ4v) is 2.93. The second-order valence-electron chi connectivity index (χ2n) is 5.50. The molecular formula is C17H27ClN4O2. The van der Waals surface area contributed by atoms with Gasteiger partial charge in [0.25, 0.3) is 0 Å². The van der Waals surface area contributed by atoms with Gasteiger partial charge < -0.3 is 24.6 Å². The number of para-hydroxylation sites is 1. The molecule has 6 nitrogen and oxygen atoms in total. The van der Waals surface area contributed by atoms with Crippen LogP contribution in [0.25, 0.3) is 0 Å². The van der Waals surface area contributed by atoms with Crippen LogP contribution in [0, 0.1) is 0 Å². The highest BCUT2D eigenvalue weighted by Crippen LogP contribution is 2.25. The zero-order valence-electron chi connectivity index (χ0n) is 14.5. The third-order valence-corrected chi connectivity index (χ3v) is 4.27. The van der Waals surface area contributed by atoms with Crippen molar-refractivity contribution < 1.29 is 9.47 Å². The summed E-state index contributed by atoms with van der Waals surface area (Å²) < 4.78 is 10.4. The van der Waals surface area contributed by atoms with E-state index in [1.54, 1.807) is 7.11 Å². The second-order valence-corrected chi connectivity index (χ2v) is 5.91. The van der Waals surface area contributed by atoms with Crippen molar-refractivity contribution in [2.24, 2.45) is 4.99 Å². The number of hydrogen-bond donors (Lipinski definition) is 1. The molecule has 0 unspecified atom stereocenters. The maximum absolute atomic E-state index is 6.29. The summed E-state index contributed by atoms with van der Waals surface area (Å²) in [5.74, 6) is 0.921. The fraction of sp³-hybridized carbons (Fsp3) is 0.588. The van der Waals surface area contributed by atoms with Crippen molar-refractivity contribution in [1.29, 1.82) is 0 Å². The van der Waals surface area contributed by atoms with E-state index in [1.807, 2.05) is 25.2 Å². The molecule has 1 saturated heterocycles. The van der Waals surface area contributed by atoms with Gasteiger partial charge in [-0.05, 0) is 12.1 Å². The van der Waals surface area contributed by atoms with Crippen LogP contribution in [0.2, 0.25) is 5.02 Å². The first kappa shape index (κ1) is 18.8. The maximum Gasteiger partial charge on any atom is 0.193 e. The summed E-state index contributed by atoms with van der Waals surface area (Å²) in [6.45, 7) is 6.30. The Balaban J connectivity index is 1.75. The molecule has 0 amide bonds. The number of hydrogen-bond acceptors (Lipinski definition) is 4. The van der Waals surface area contributed by atoms with Gasteiger partial charge in [-0.3, -0.25) is 4.99 Å². The predicted octanol–water partition coefficient (Wildman–Crippen LogP) is 1.70. The van der Waals surface area contributed by atoms with Gasteiger partial charge in [0.1, 0.15) is 0 Å². The molecule has 1 N–H and O–H groups in total. The summed E-state index contributed by atoms with van der Waals surface area (Å²) in [5.41, 5.74) is 1.10. The van der Waals surface area contributed by atoms with Crippen molar-refractivity contribution in [3.63, 3.8) is 0 Å². The Kier molecular flexibility index (Phi) is 8.15. The number of halogens is 1. The van der Waals surface area contributed by atoms with E-state index in [0.717, 1.165) is 49.4 Å². The summed E-state index contributed by atoms with van der Waals surface area (Å²) >= 11 is 6.29. The van der Waals surface area contributed by atoms with Gasteiger partial charge >= 0.3 is 0 Å². The van der Waals surface area contributed by atoms with Crippen LogP contribution < -0.4 is 10.2 Å². The first-order valence-corrected chi connectivity index (χ1v) is 8.66. The number of piperazine rings is 1. The number of rotatable bonds is 7. The lowest BCUT2D eigenvalue weighted by Crippen LogP contribution is -2.53. The van der Waals surface area contributed by atoms with Gasteiger partial charge in [-0.1, -0.05) is 23.7 Å². The Morgan fingerprint density at radius 1 is 1.17 bits per heavy atom. The van der Waals surface area contributed by atoms with Gasteiger partial charge in [0.05, 0.1) is 30.5 Å². The summed E-state index contributed by atoms with van der Waals surface area (Å²) in [6, 6.07) is 8.00. The van der Waals surface area contributed by atoms with E-state index in [4.69, 9.17) is 21.1 Å². The van der Waals surface area contributed by atoms with Crippen LogP contribution in [-0.4, -0.2) is 77.6 Å². The minimum Gasteiger partial charge on any atom is -0.382 e. The predicted molar refractivity (Wildman–Crippen MR) is 99.3 cm³/mol. The van der Waals surface area contributed by atoms with Crippen LogP contribution in [0.5, 0.6) is 0 Å². The molecule has 0 aliphatic carbocycles. The molecule has 1 aliphatic heterocycles. The molecule has 0 bridgehead atoms. The quantitative estimate of drug-likeness (QED) is 0.459. The molecule has 1 aromatic carbocycles. The van der Waals surface area contributed by atoms with Gasteiger partial charge in [0.15, 0.2) is 5.96 Å². The monoisotopic (exact) mass is 354 g/mol. The van der Waals surface area contributed by atoms with Gasteiger partial charge in [0, 0.05) is 46.9 Å². The van der Waals surface area contributed by atoms with Gasteiger partial charge in [-0.2, -0.15) is 0 Å². The molecule has 24 heavy (non-hydrogen) atoms. The minimum atomic E-state index is 0.618. The van der Waals surface area contributed by atoms with Crippen molar-refractivity contribution in [3.05, 3.63) is 29.3 Å². The summed E-state index contributed by atoms with van der Waals surface area (Å²) in [4.78, 5) is 8.95. The molecule has 0 aromatic heterocycles. The molecule has 7 heteroatoms. The lowest BCUT2D eigenvalue weighted by Gasteiger charge is -2.38. The summed E-state index contributed by atoms with van der Waals surface area (Å²) in [7, 11) is 3.49. The highest BCUT2D eigenvalue weighted by atomic mass is 35.5. The van der Waals surface area contributed by atoms with Crippen molar-refractivity contribution in [1.82, 2.24) is 10.2 Å². The van der Waals surface area contributed by atoms with Gasteiger partial charge in [0.2, 0.25) is 0 Å². The van der Waals surface area contributed by atoms with Gasteiger partial charge in [-0.25, -0.2) is 0 Å². The largest absolute Gasteiger partial charge is 0.382 e. The zero-order chi connectivity index (χ0) is 17.2. The molecule has 1 fully saturated rings. The molecule has 1 aromatic rings. The molecule has 134 valence electrons. The van der Waals surface area contributed by atoms with Crippen LogP contribution >= 0.6 is 11.6 Å².